The molecule has 0 saturated heterocycles. The number of aromatic hydroxyl groups is 5. The second-order valence-corrected chi connectivity index (χ2v) is 9.13. The highest BCUT2D eigenvalue weighted by Crippen LogP contribution is 2.58. The number of hydrogen-bond acceptors (Lipinski definition) is 5. The van der Waals surface area contributed by atoms with E-state index in [1.165, 1.54) is 0 Å². The fraction of sp³-hybridized carbons (Fsp3) is 0.111. The minimum Gasteiger partial charge on any atom is -0.507 e. The number of phenolic OH excluding ortho intramolecular Hbond substituents is 5. The second kappa shape index (κ2) is 7.18. The number of phenols is 5. The van der Waals surface area contributed by atoms with E-state index in [-0.39, 0.29) is 16.5 Å². The lowest BCUT2D eigenvalue weighted by Crippen LogP contribution is -1.97. The van der Waals surface area contributed by atoms with Gasteiger partial charge in [-0.15, -0.1) is 0 Å². The third-order valence-electron chi connectivity index (χ3n) is 6.74. The van der Waals surface area contributed by atoms with Gasteiger partial charge < -0.3 is 25.5 Å². The quantitative estimate of drug-likeness (QED) is 0.0957. The van der Waals surface area contributed by atoms with Crippen LogP contribution in [0.25, 0.3) is 43.4 Å². The van der Waals surface area contributed by atoms with Gasteiger partial charge in [-0.3, -0.25) is 0 Å². The van der Waals surface area contributed by atoms with E-state index in [0.717, 1.165) is 21.9 Å². The summed E-state index contributed by atoms with van der Waals surface area (Å²) in [6, 6.07) is 13.4. The monoisotopic (exact) mass is 504 g/mol. The number of benzene rings is 5. The van der Waals surface area contributed by atoms with Crippen LogP contribution in [0.2, 0.25) is 0 Å². The zero-order valence-corrected chi connectivity index (χ0v) is 19.7. The molecule has 5 aromatic rings. The summed E-state index contributed by atoms with van der Waals surface area (Å²) in [5.41, 5.74) is 3.61. The first-order valence-electron chi connectivity index (χ1n) is 10.4. The molecule has 0 fully saturated rings. The molecule has 5 rings (SSSR count). The lowest BCUT2D eigenvalue weighted by Gasteiger charge is -2.22. The zero-order valence-electron chi connectivity index (χ0n) is 18.2. The Balaban J connectivity index is 2.23. The summed E-state index contributed by atoms with van der Waals surface area (Å²) >= 11 is 3.55. The van der Waals surface area contributed by atoms with Crippen LogP contribution in [0.15, 0.2) is 46.9 Å². The van der Waals surface area contributed by atoms with Gasteiger partial charge in [-0.05, 0) is 69.7 Å². The molecule has 0 spiro atoms. The Morgan fingerprint density at radius 1 is 0.545 bits per heavy atom. The molecular weight excluding hydrogens is 484 g/mol. The predicted octanol–water partition coefficient (Wildman–Crippen LogP) is 7.03. The number of halogens is 1. The maximum absolute atomic E-state index is 11.4. The van der Waals surface area contributed by atoms with Crippen LogP contribution in [-0.4, -0.2) is 25.5 Å². The van der Waals surface area contributed by atoms with Crippen LogP contribution < -0.4 is 0 Å². The fourth-order valence-corrected chi connectivity index (χ4v) is 5.66. The first kappa shape index (κ1) is 21.2. The Bertz CT molecular complexity index is 1570. The summed E-state index contributed by atoms with van der Waals surface area (Å²) in [4.78, 5) is 0. The molecule has 33 heavy (non-hydrogen) atoms. The number of aryl methyl sites for hydroxylation is 1. The van der Waals surface area contributed by atoms with E-state index < -0.39 is 23.0 Å². The molecule has 5 N–H and O–H groups in total. The van der Waals surface area contributed by atoms with Crippen LogP contribution in [-0.2, 0) is 0 Å². The molecule has 0 heterocycles. The van der Waals surface area contributed by atoms with Crippen molar-refractivity contribution in [2.24, 2.45) is 0 Å². The molecule has 0 atom stereocenters. The molecule has 5 aromatic carbocycles. The zero-order chi connectivity index (χ0) is 23.8. The summed E-state index contributed by atoms with van der Waals surface area (Å²) in [5, 5.41) is 57.2. The summed E-state index contributed by atoms with van der Waals surface area (Å²) in [5.74, 6) is -2.73. The molecule has 0 aliphatic heterocycles. The largest absolute Gasteiger partial charge is 0.507 e. The van der Waals surface area contributed by atoms with Gasteiger partial charge in [0.05, 0.1) is 0 Å². The number of fused-ring (bicyclic) bond motifs is 3. The second-order valence-electron chi connectivity index (χ2n) is 8.33. The van der Waals surface area contributed by atoms with Crippen LogP contribution in [0.3, 0.4) is 0 Å². The van der Waals surface area contributed by atoms with Gasteiger partial charge in [0.2, 0.25) is 11.5 Å². The van der Waals surface area contributed by atoms with Crippen LogP contribution >= 0.6 is 15.9 Å². The summed E-state index contributed by atoms with van der Waals surface area (Å²) < 4.78 is 0.399. The normalized spacial score (nSPS) is 11.6. The van der Waals surface area contributed by atoms with Crippen molar-refractivity contribution in [3.05, 3.63) is 63.6 Å². The Morgan fingerprint density at radius 3 is 1.82 bits per heavy atom. The number of hydrogen-bond donors (Lipinski definition) is 5. The molecule has 166 valence electrons. The maximum atomic E-state index is 11.4. The average Bonchev–Trinajstić information content (AvgIpc) is 2.82. The average molecular weight is 505 g/mol. The third-order valence-corrected chi connectivity index (χ3v) is 7.53. The first-order valence-corrected chi connectivity index (χ1v) is 11.2. The Labute approximate surface area is 197 Å². The highest BCUT2D eigenvalue weighted by molar-refractivity contribution is 9.10. The number of rotatable bonds is 1. The van der Waals surface area contributed by atoms with Crippen molar-refractivity contribution in [2.75, 3.05) is 0 Å². The van der Waals surface area contributed by atoms with E-state index >= 15 is 0 Å². The summed E-state index contributed by atoms with van der Waals surface area (Å²) in [6.07, 6.45) is 0. The minimum absolute atomic E-state index is 0.0464. The van der Waals surface area contributed by atoms with Crippen molar-refractivity contribution in [1.82, 2.24) is 0 Å². The topological polar surface area (TPSA) is 101 Å². The molecule has 0 unspecified atom stereocenters. The van der Waals surface area contributed by atoms with Gasteiger partial charge in [-0.1, -0.05) is 42.5 Å². The van der Waals surface area contributed by atoms with Gasteiger partial charge >= 0.3 is 0 Å². The lowest BCUT2D eigenvalue weighted by molar-refractivity contribution is 0.351. The molecule has 0 aliphatic carbocycles. The van der Waals surface area contributed by atoms with Gasteiger partial charge in [-0.2, -0.15) is 0 Å². The predicted molar refractivity (Wildman–Crippen MR) is 135 cm³/mol. The minimum atomic E-state index is -0.826. The van der Waals surface area contributed by atoms with Crippen molar-refractivity contribution in [3.63, 3.8) is 0 Å². The molecule has 0 radical (unpaired) electrons. The van der Waals surface area contributed by atoms with Crippen LogP contribution in [0.1, 0.15) is 16.7 Å². The van der Waals surface area contributed by atoms with Crippen LogP contribution in [0.5, 0.6) is 28.7 Å². The smallest absolute Gasteiger partial charge is 0.204 e. The highest BCUT2D eigenvalue weighted by Gasteiger charge is 2.29. The molecule has 0 bridgehead atoms. The van der Waals surface area contributed by atoms with E-state index in [9.17, 15) is 25.5 Å². The van der Waals surface area contributed by atoms with Crippen molar-refractivity contribution >= 4 is 48.2 Å². The van der Waals surface area contributed by atoms with Crippen molar-refractivity contribution < 1.29 is 25.5 Å². The van der Waals surface area contributed by atoms with Crippen LogP contribution in [0.4, 0.5) is 0 Å². The Morgan fingerprint density at radius 2 is 1.12 bits per heavy atom. The van der Waals surface area contributed by atoms with E-state index in [4.69, 9.17) is 0 Å². The Hall–Kier alpha value is -3.64. The molecule has 0 amide bonds. The van der Waals surface area contributed by atoms with Gasteiger partial charge in [0.1, 0.15) is 5.75 Å². The standard InChI is InChI=1S/C27H21BrO5/c1-11-12(2)17-19(23(29)13(11)3)18(16-10-6-8-14-7-4-5-9-15(14)16)20-21(22(17)28)25(31)27(33)26(32)24(20)30/h4-10,29-33H,1-3H3. The van der Waals surface area contributed by atoms with E-state index in [2.05, 4.69) is 15.9 Å². The van der Waals surface area contributed by atoms with Gasteiger partial charge in [0.25, 0.3) is 0 Å². The first-order chi connectivity index (χ1) is 15.7. The lowest BCUT2D eigenvalue weighted by atomic mass is 9.84. The van der Waals surface area contributed by atoms with Crippen molar-refractivity contribution in [1.29, 1.82) is 0 Å². The molecule has 5 nitrogen and oxygen atoms in total. The van der Waals surface area contributed by atoms with Crippen molar-refractivity contribution in [2.45, 2.75) is 20.8 Å². The molecule has 0 saturated carbocycles. The van der Waals surface area contributed by atoms with E-state index in [1.54, 1.807) is 0 Å². The molecule has 0 aromatic heterocycles. The highest BCUT2D eigenvalue weighted by atomic mass is 79.9. The summed E-state index contributed by atoms with van der Waals surface area (Å²) in [6.45, 7) is 5.65. The molecule has 6 heteroatoms. The van der Waals surface area contributed by atoms with E-state index in [1.807, 2.05) is 63.2 Å². The maximum Gasteiger partial charge on any atom is 0.204 e. The van der Waals surface area contributed by atoms with Crippen LogP contribution in [0, 0.1) is 20.8 Å². The van der Waals surface area contributed by atoms with Gasteiger partial charge in [-0.25, -0.2) is 0 Å². The fourth-order valence-electron chi connectivity index (χ4n) is 4.78. The Kier molecular flexibility index (Phi) is 4.62. The van der Waals surface area contributed by atoms with Gasteiger partial charge in [0, 0.05) is 31.6 Å². The SMILES string of the molecule is Cc1c(C)c(O)c2c(-c3cccc4ccccc34)c3c(O)c(O)c(O)c(O)c3c(Br)c2c1C. The molecular formula is C27H21BrO5. The van der Waals surface area contributed by atoms with Gasteiger partial charge in [0.15, 0.2) is 11.5 Å². The summed E-state index contributed by atoms with van der Waals surface area (Å²) in [7, 11) is 0. The molecule has 0 aliphatic rings. The van der Waals surface area contributed by atoms with Crippen molar-refractivity contribution in [3.8, 4) is 39.9 Å². The third kappa shape index (κ3) is 2.70. The van der Waals surface area contributed by atoms with E-state index in [0.29, 0.717) is 31.9 Å².